The molecule has 0 heterocycles. The van der Waals surface area contributed by atoms with E-state index >= 15 is 0 Å². The molecule has 0 aromatic heterocycles. The van der Waals surface area contributed by atoms with Crippen molar-refractivity contribution >= 4 is 11.9 Å². The molecule has 0 aliphatic carbocycles. The number of carbonyl (C=O) groups excluding carboxylic acids is 1. The molecule has 0 fully saturated rings. The highest BCUT2D eigenvalue weighted by molar-refractivity contribution is 5.84. The van der Waals surface area contributed by atoms with Gasteiger partial charge in [-0.1, -0.05) is 12.1 Å². The fourth-order valence-corrected chi connectivity index (χ4v) is 1.94. The Labute approximate surface area is 135 Å². The van der Waals surface area contributed by atoms with Crippen LogP contribution >= 0.6 is 0 Å². The molecule has 1 rings (SSSR count). The van der Waals surface area contributed by atoms with Gasteiger partial charge >= 0.3 is 5.97 Å². The number of carbonyl (C=O) groups is 2. The van der Waals surface area contributed by atoms with Gasteiger partial charge in [0, 0.05) is 13.7 Å². The number of rotatable bonds is 10. The van der Waals surface area contributed by atoms with E-state index in [1.165, 1.54) is 12.0 Å². The van der Waals surface area contributed by atoms with Crippen LogP contribution in [0.25, 0.3) is 0 Å². The first-order chi connectivity index (χ1) is 11.0. The minimum atomic E-state index is -1.07. The molecule has 0 aliphatic rings. The van der Waals surface area contributed by atoms with E-state index in [-0.39, 0.29) is 32.2 Å². The van der Waals surface area contributed by atoms with Crippen molar-refractivity contribution in [3.8, 4) is 5.75 Å². The van der Waals surface area contributed by atoms with Crippen LogP contribution in [0, 0.1) is 0 Å². The van der Waals surface area contributed by atoms with E-state index in [1.807, 2.05) is 24.3 Å². The summed E-state index contributed by atoms with van der Waals surface area (Å²) in [6.07, 6.45) is -0.752. The van der Waals surface area contributed by atoms with E-state index in [4.69, 9.17) is 19.3 Å². The molecule has 1 aromatic rings. The summed E-state index contributed by atoms with van der Waals surface area (Å²) in [5.74, 6) is -0.750. The number of carboxylic acids is 1. The number of nitrogens with zero attached hydrogens (tertiary/aromatic N) is 1. The summed E-state index contributed by atoms with van der Waals surface area (Å²) in [6, 6.07) is 7.33. The summed E-state index contributed by atoms with van der Waals surface area (Å²) < 4.78 is 15.6. The van der Waals surface area contributed by atoms with Gasteiger partial charge in [-0.25, -0.2) is 0 Å². The molecular formula is C16H23NO6. The van der Waals surface area contributed by atoms with Crippen LogP contribution in [0.5, 0.6) is 5.75 Å². The normalized spacial score (nSPS) is 11.8. The van der Waals surface area contributed by atoms with Crippen molar-refractivity contribution in [1.82, 2.24) is 4.90 Å². The van der Waals surface area contributed by atoms with Crippen LogP contribution in [0.15, 0.2) is 24.3 Å². The van der Waals surface area contributed by atoms with E-state index in [9.17, 15) is 9.59 Å². The Bertz CT molecular complexity index is 519. The number of hydrogen-bond acceptors (Lipinski definition) is 5. The molecule has 7 heteroatoms. The van der Waals surface area contributed by atoms with Crippen LogP contribution in [-0.4, -0.2) is 61.9 Å². The van der Waals surface area contributed by atoms with Crippen molar-refractivity contribution in [2.75, 3.05) is 33.9 Å². The molecule has 0 spiro atoms. The first-order valence-electron chi connectivity index (χ1n) is 7.22. The average molecular weight is 325 g/mol. The lowest BCUT2D eigenvalue weighted by Gasteiger charge is -2.24. The van der Waals surface area contributed by atoms with Gasteiger partial charge in [0.1, 0.15) is 18.4 Å². The summed E-state index contributed by atoms with van der Waals surface area (Å²) in [7, 11) is 3.07. The molecule has 1 unspecified atom stereocenters. The lowest BCUT2D eigenvalue weighted by atomic mass is 10.2. The van der Waals surface area contributed by atoms with E-state index in [2.05, 4.69) is 0 Å². The van der Waals surface area contributed by atoms with Crippen molar-refractivity contribution in [3.05, 3.63) is 29.8 Å². The lowest BCUT2D eigenvalue weighted by molar-refractivity contribution is -0.151. The van der Waals surface area contributed by atoms with Gasteiger partial charge in [0.25, 0.3) is 5.91 Å². The maximum absolute atomic E-state index is 12.3. The second-order valence-corrected chi connectivity index (χ2v) is 4.95. The zero-order valence-corrected chi connectivity index (χ0v) is 13.7. The molecular weight excluding hydrogens is 302 g/mol. The van der Waals surface area contributed by atoms with Gasteiger partial charge in [-0.15, -0.1) is 0 Å². The van der Waals surface area contributed by atoms with Crippen molar-refractivity contribution in [3.63, 3.8) is 0 Å². The molecule has 0 saturated heterocycles. The molecule has 1 atom stereocenters. The zero-order chi connectivity index (χ0) is 17.2. The minimum absolute atomic E-state index is 0.203. The molecule has 0 aliphatic heterocycles. The second kappa shape index (κ2) is 9.81. The number of ether oxygens (including phenoxy) is 3. The summed E-state index contributed by atoms with van der Waals surface area (Å²) >= 11 is 0. The largest absolute Gasteiger partial charge is 0.497 e. The number of carboxylic acid groups (broad SMARTS) is 1. The Hall–Kier alpha value is -2.12. The van der Waals surface area contributed by atoms with Gasteiger partial charge in [-0.2, -0.15) is 0 Å². The van der Waals surface area contributed by atoms with Gasteiger partial charge in [0.15, 0.2) is 0 Å². The van der Waals surface area contributed by atoms with Crippen molar-refractivity contribution < 1.29 is 28.9 Å². The number of aliphatic carboxylic acids is 1. The third-order valence-electron chi connectivity index (χ3n) is 3.19. The molecule has 7 nitrogen and oxygen atoms in total. The second-order valence-electron chi connectivity index (χ2n) is 4.95. The maximum Gasteiger partial charge on any atom is 0.323 e. The van der Waals surface area contributed by atoms with Crippen LogP contribution in [0.4, 0.5) is 0 Å². The van der Waals surface area contributed by atoms with Crippen LogP contribution in [0.2, 0.25) is 0 Å². The molecule has 1 N–H and O–H groups in total. The Balaban J connectivity index is 2.60. The van der Waals surface area contributed by atoms with E-state index in [0.717, 1.165) is 5.56 Å². The fourth-order valence-electron chi connectivity index (χ4n) is 1.94. The van der Waals surface area contributed by atoms with Crippen molar-refractivity contribution in [1.29, 1.82) is 0 Å². The predicted molar refractivity (Wildman–Crippen MR) is 83.3 cm³/mol. The summed E-state index contributed by atoms with van der Waals surface area (Å²) in [6.45, 7) is 1.92. The van der Waals surface area contributed by atoms with Gasteiger partial charge in [-0.05, 0) is 24.6 Å². The summed E-state index contributed by atoms with van der Waals surface area (Å²) in [4.78, 5) is 24.4. The van der Waals surface area contributed by atoms with Gasteiger partial charge < -0.3 is 24.2 Å². The van der Waals surface area contributed by atoms with Gasteiger partial charge in [0.05, 0.1) is 20.3 Å². The van der Waals surface area contributed by atoms with Crippen molar-refractivity contribution in [2.24, 2.45) is 0 Å². The number of benzene rings is 1. The predicted octanol–water partition coefficient (Wildman–Crippen LogP) is 1.16. The SMILES string of the molecule is COCCN(CC(=O)O)C(=O)C(C)OCc1cccc(OC)c1. The third-order valence-corrected chi connectivity index (χ3v) is 3.19. The molecule has 1 aromatic carbocycles. The summed E-state index contributed by atoms with van der Waals surface area (Å²) in [5, 5.41) is 8.89. The molecule has 0 bridgehead atoms. The van der Waals surface area contributed by atoms with Crippen molar-refractivity contribution in [2.45, 2.75) is 19.6 Å². The topological polar surface area (TPSA) is 85.3 Å². The van der Waals surface area contributed by atoms with E-state index in [0.29, 0.717) is 5.75 Å². The first-order valence-corrected chi connectivity index (χ1v) is 7.22. The Morgan fingerprint density at radius 1 is 1.30 bits per heavy atom. The smallest absolute Gasteiger partial charge is 0.323 e. The van der Waals surface area contributed by atoms with Crippen LogP contribution < -0.4 is 4.74 Å². The lowest BCUT2D eigenvalue weighted by Crippen LogP contribution is -2.43. The zero-order valence-electron chi connectivity index (χ0n) is 13.7. The van der Waals surface area contributed by atoms with Crippen LogP contribution in [0.3, 0.4) is 0 Å². The quantitative estimate of drug-likeness (QED) is 0.695. The summed E-state index contributed by atoms with van der Waals surface area (Å²) in [5.41, 5.74) is 0.866. The van der Waals surface area contributed by atoms with Gasteiger partial charge in [0.2, 0.25) is 0 Å². The standard InChI is InChI=1S/C16H23NO6/c1-12(16(20)17(7-8-21-2)10-15(18)19)23-11-13-5-4-6-14(9-13)22-3/h4-6,9,12H,7-8,10-11H2,1-3H3,(H,18,19). The molecule has 0 radical (unpaired) electrons. The van der Waals surface area contributed by atoms with E-state index in [1.54, 1.807) is 14.0 Å². The Kier molecular flexibility index (Phi) is 8.07. The van der Waals surface area contributed by atoms with Crippen LogP contribution in [-0.2, 0) is 25.7 Å². The average Bonchev–Trinajstić information content (AvgIpc) is 2.55. The number of hydrogen-bond donors (Lipinski definition) is 1. The highest BCUT2D eigenvalue weighted by Gasteiger charge is 2.23. The Morgan fingerprint density at radius 2 is 2.04 bits per heavy atom. The number of methoxy groups -OCH3 is 2. The Morgan fingerprint density at radius 3 is 2.65 bits per heavy atom. The molecule has 1 amide bonds. The first kappa shape index (κ1) is 18.9. The molecule has 23 heavy (non-hydrogen) atoms. The minimum Gasteiger partial charge on any atom is -0.497 e. The van der Waals surface area contributed by atoms with E-state index < -0.39 is 12.1 Å². The molecule has 128 valence electrons. The molecule has 0 saturated carbocycles. The maximum atomic E-state index is 12.3. The third kappa shape index (κ3) is 6.66. The number of amides is 1. The monoisotopic (exact) mass is 325 g/mol. The van der Waals surface area contributed by atoms with Gasteiger partial charge in [-0.3, -0.25) is 9.59 Å². The highest BCUT2D eigenvalue weighted by Crippen LogP contribution is 2.14. The highest BCUT2D eigenvalue weighted by atomic mass is 16.5. The fraction of sp³-hybridized carbons (Fsp3) is 0.500. The van der Waals surface area contributed by atoms with Crippen LogP contribution in [0.1, 0.15) is 12.5 Å².